The van der Waals surface area contributed by atoms with Gasteiger partial charge in [0, 0.05) is 39.9 Å². The van der Waals surface area contributed by atoms with E-state index in [4.69, 9.17) is 11.6 Å². The molecule has 0 aliphatic heterocycles. The highest BCUT2D eigenvalue weighted by atomic mass is 35.5. The van der Waals surface area contributed by atoms with E-state index in [9.17, 15) is 9.59 Å². The summed E-state index contributed by atoms with van der Waals surface area (Å²) in [6.07, 6.45) is 0.186. The second-order valence-electron chi connectivity index (χ2n) is 5.11. The van der Waals surface area contributed by atoms with Crippen molar-refractivity contribution in [1.82, 2.24) is 10.3 Å². The Labute approximate surface area is 157 Å². The SMILES string of the molecule is O=C(CCNC(=O)c1ccsc1)Nc1nc(-c2ccc(Cl)cc2)cs1. The highest BCUT2D eigenvalue weighted by molar-refractivity contribution is 7.14. The Morgan fingerprint density at radius 1 is 1.12 bits per heavy atom. The van der Waals surface area contributed by atoms with Crippen LogP contribution < -0.4 is 10.6 Å². The molecule has 0 aliphatic rings. The van der Waals surface area contributed by atoms with Gasteiger partial charge in [0.1, 0.15) is 0 Å². The number of hydrogen-bond acceptors (Lipinski definition) is 5. The van der Waals surface area contributed by atoms with Crippen molar-refractivity contribution in [3.63, 3.8) is 0 Å². The number of benzene rings is 1. The zero-order valence-corrected chi connectivity index (χ0v) is 15.4. The number of anilines is 1. The van der Waals surface area contributed by atoms with Gasteiger partial charge in [0.15, 0.2) is 5.13 Å². The Morgan fingerprint density at radius 3 is 2.64 bits per heavy atom. The average molecular weight is 392 g/mol. The van der Waals surface area contributed by atoms with E-state index in [1.54, 1.807) is 23.6 Å². The normalized spacial score (nSPS) is 10.4. The van der Waals surface area contributed by atoms with Gasteiger partial charge >= 0.3 is 0 Å². The Bertz CT molecular complexity index is 860. The molecule has 2 aromatic heterocycles. The smallest absolute Gasteiger partial charge is 0.252 e. The minimum absolute atomic E-state index is 0.173. The molecule has 3 rings (SSSR count). The molecule has 25 heavy (non-hydrogen) atoms. The van der Waals surface area contributed by atoms with Crippen LogP contribution in [0.15, 0.2) is 46.5 Å². The number of rotatable bonds is 6. The molecule has 8 heteroatoms. The molecule has 0 fully saturated rings. The fourth-order valence-corrected chi connectivity index (χ4v) is 3.55. The highest BCUT2D eigenvalue weighted by Gasteiger charge is 2.10. The van der Waals surface area contributed by atoms with Crippen molar-refractivity contribution in [3.8, 4) is 11.3 Å². The standard InChI is InChI=1S/C17H14ClN3O2S2/c18-13-3-1-11(2-4-13)14-10-25-17(20-14)21-15(22)5-7-19-16(23)12-6-8-24-9-12/h1-4,6,8-10H,5,7H2,(H,19,23)(H,20,21,22). The van der Waals surface area contributed by atoms with Crippen LogP contribution in [0.1, 0.15) is 16.8 Å². The number of halogens is 1. The Kier molecular flexibility index (Phi) is 5.80. The highest BCUT2D eigenvalue weighted by Crippen LogP contribution is 2.25. The lowest BCUT2D eigenvalue weighted by Crippen LogP contribution is -2.27. The third-order valence-corrected chi connectivity index (χ3v) is 5.00. The van der Waals surface area contributed by atoms with Gasteiger partial charge in [-0.3, -0.25) is 9.59 Å². The van der Waals surface area contributed by atoms with Crippen molar-refractivity contribution in [1.29, 1.82) is 0 Å². The number of aromatic nitrogens is 1. The van der Waals surface area contributed by atoms with Crippen LogP contribution in [0, 0.1) is 0 Å². The number of nitrogens with zero attached hydrogens (tertiary/aromatic N) is 1. The fraction of sp³-hybridized carbons (Fsp3) is 0.118. The molecule has 0 atom stereocenters. The van der Waals surface area contributed by atoms with E-state index in [0.717, 1.165) is 11.3 Å². The summed E-state index contributed by atoms with van der Waals surface area (Å²) < 4.78 is 0. The molecule has 2 amide bonds. The quantitative estimate of drug-likeness (QED) is 0.658. The maximum Gasteiger partial charge on any atom is 0.252 e. The van der Waals surface area contributed by atoms with Gasteiger partial charge < -0.3 is 10.6 Å². The van der Waals surface area contributed by atoms with Crippen LogP contribution in [0.5, 0.6) is 0 Å². The zero-order chi connectivity index (χ0) is 17.6. The van der Waals surface area contributed by atoms with Gasteiger partial charge in [-0.05, 0) is 23.6 Å². The van der Waals surface area contributed by atoms with E-state index in [1.807, 2.05) is 22.9 Å². The van der Waals surface area contributed by atoms with Gasteiger partial charge in [0.05, 0.1) is 5.69 Å². The molecule has 0 spiro atoms. The molecule has 2 N–H and O–H groups in total. The number of thiazole rings is 1. The summed E-state index contributed by atoms with van der Waals surface area (Å²) >= 11 is 8.68. The van der Waals surface area contributed by atoms with Gasteiger partial charge in [-0.2, -0.15) is 11.3 Å². The number of thiophene rings is 1. The number of hydrogen-bond donors (Lipinski definition) is 2. The van der Waals surface area contributed by atoms with Gasteiger partial charge in [0.25, 0.3) is 5.91 Å². The molecule has 0 aliphatic carbocycles. The topological polar surface area (TPSA) is 71.1 Å². The number of nitrogens with one attached hydrogen (secondary N) is 2. The Hall–Kier alpha value is -2.22. The minimum atomic E-state index is -0.192. The van der Waals surface area contributed by atoms with E-state index in [2.05, 4.69) is 15.6 Å². The van der Waals surface area contributed by atoms with Crippen LogP contribution in [0.4, 0.5) is 5.13 Å². The lowest BCUT2D eigenvalue weighted by atomic mass is 10.2. The van der Waals surface area contributed by atoms with Crippen LogP contribution in [0.2, 0.25) is 5.02 Å². The zero-order valence-electron chi connectivity index (χ0n) is 13.0. The van der Waals surface area contributed by atoms with Crippen molar-refractivity contribution in [2.24, 2.45) is 0 Å². The summed E-state index contributed by atoms with van der Waals surface area (Å²) in [5.74, 6) is -0.365. The molecular weight excluding hydrogens is 378 g/mol. The van der Waals surface area contributed by atoms with Crippen LogP contribution in [0.3, 0.4) is 0 Å². The van der Waals surface area contributed by atoms with E-state index in [1.165, 1.54) is 22.7 Å². The Balaban J connectivity index is 1.48. The van der Waals surface area contributed by atoms with Crippen molar-refractivity contribution >= 4 is 51.2 Å². The summed E-state index contributed by atoms with van der Waals surface area (Å²) in [6, 6.07) is 9.09. The minimum Gasteiger partial charge on any atom is -0.351 e. The molecular formula is C17H14ClN3O2S2. The molecule has 0 unspecified atom stereocenters. The molecule has 0 saturated carbocycles. The van der Waals surface area contributed by atoms with E-state index >= 15 is 0 Å². The largest absolute Gasteiger partial charge is 0.351 e. The summed E-state index contributed by atoms with van der Waals surface area (Å²) in [5.41, 5.74) is 2.32. The van der Waals surface area contributed by atoms with Crippen molar-refractivity contribution in [2.45, 2.75) is 6.42 Å². The van der Waals surface area contributed by atoms with Gasteiger partial charge in [-0.15, -0.1) is 11.3 Å². The van der Waals surface area contributed by atoms with Gasteiger partial charge in [-0.1, -0.05) is 23.7 Å². The lowest BCUT2D eigenvalue weighted by molar-refractivity contribution is -0.116. The predicted octanol–water partition coefficient (Wildman–Crippen LogP) is 4.28. The first kappa shape index (κ1) is 17.6. The van der Waals surface area contributed by atoms with Crippen LogP contribution in [-0.2, 0) is 4.79 Å². The van der Waals surface area contributed by atoms with Crippen LogP contribution in [-0.4, -0.2) is 23.3 Å². The van der Waals surface area contributed by atoms with Crippen molar-refractivity contribution in [3.05, 3.63) is 57.1 Å². The number of carbonyl (C=O) groups excluding carboxylic acids is 2. The second-order valence-corrected chi connectivity index (χ2v) is 7.19. The van der Waals surface area contributed by atoms with E-state index < -0.39 is 0 Å². The van der Waals surface area contributed by atoms with E-state index in [-0.39, 0.29) is 24.8 Å². The first-order valence-corrected chi connectivity index (χ1v) is 9.63. The van der Waals surface area contributed by atoms with Gasteiger partial charge in [0.2, 0.25) is 5.91 Å². The van der Waals surface area contributed by atoms with Crippen LogP contribution >= 0.6 is 34.3 Å². The average Bonchev–Trinajstić information content (AvgIpc) is 3.27. The summed E-state index contributed by atoms with van der Waals surface area (Å²) in [4.78, 5) is 28.1. The maximum atomic E-state index is 12.0. The fourth-order valence-electron chi connectivity index (χ4n) is 2.05. The second kappa shape index (κ2) is 8.24. The first-order chi connectivity index (χ1) is 12.1. The van der Waals surface area contributed by atoms with Crippen molar-refractivity contribution in [2.75, 3.05) is 11.9 Å². The molecule has 3 aromatic rings. The first-order valence-electron chi connectivity index (χ1n) is 7.43. The number of carbonyl (C=O) groups is 2. The monoisotopic (exact) mass is 391 g/mol. The molecule has 0 bridgehead atoms. The molecule has 0 radical (unpaired) electrons. The predicted molar refractivity (Wildman–Crippen MR) is 102 cm³/mol. The summed E-state index contributed by atoms with van der Waals surface area (Å²) in [6.45, 7) is 0.274. The summed E-state index contributed by atoms with van der Waals surface area (Å²) in [5, 5.41) is 12.1. The third-order valence-electron chi connectivity index (χ3n) is 3.31. The van der Waals surface area contributed by atoms with Crippen LogP contribution in [0.25, 0.3) is 11.3 Å². The third kappa shape index (κ3) is 4.88. The molecule has 0 saturated heterocycles. The number of amides is 2. The van der Waals surface area contributed by atoms with E-state index in [0.29, 0.717) is 15.7 Å². The maximum absolute atomic E-state index is 12.0. The molecule has 128 valence electrons. The van der Waals surface area contributed by atoms with Crippen molar-refractivity contribution < 1.29 is 9.59 Å². The van der Waals surface area contributed by atoms with Gasteiger partial charge in [-0.25, -0.2) is 4.98 Å². The lowest BCUT2D eigenvalue weighted by Gasteiger charge is -2.04. The summed E-state index contributed by atoms with van der Waals surface area (Å²) in [7, 11) is 0. The Morgan fingerprint density at radius 2 is 1.92 bits per heavy atom. The molecule has 2 heterocycles. The molecule has 5 nitrogen and oxygen atoms in total. The molecule has 1 aromatic carbocycles.